The highest BCUT2D eigenvalue weighted by Crippen LogP contribution is 2.17. The molecule has 2 amide bonds. The van der Waals surface area contributed by atoms with Crippen LogP contribution < -0.4 is 10.6 Å². The molecule has 1 aromatic heterocycles. The second kappa shape index (κ2) is 9.37. The third-order valence-corrected chi connectivity index (χ3v) is 4.29. The normalized spacial score (nSPS) is 15.8. The molecule has 0 spiro atoms. The fourth-order valence-corrected chi connectivity index (χ4v) is 2.87. The second-order valence-electron chi connectivity index (χ2n) is 6.65. The van der Waals surface area contributed by atoms with Gasteiger partial charge in [-0.1, -0.05) is 25.7 Å². The van der Waals surface area contributed by atoms with Gasteiger partial charge in [0.05, 0.1) is 0 Å². The molecule has 2 rings (SSSR count). The number of amides is 2. The quantitative estimate of drug-likeness (QED) is 0.780. The van der Waals surface area contributed by atoms with E-state index in [4.69, 9.17) is 0 Å². The first-order valence-electron chi connectivity index (χ1n) is 8.76. The molecule has 0 atom stereocenters. The lowest BCUT2D eigenvalue weighted by Gasteiger charge is -2.16. The molecule has 1 heterocycles. The Balaban J connectivity index is 1.93. The standard InChI is InChI=1S/C18H28N4O2/c1-22(2)12-11-20-18(24)16-13-14(9-10-19-16)17(23)21-15-7-5-3-4-6-8-15/h9-10,13,15H,3-8,11-12H2,1-2H3,(H,20,24)(H,21,23). The summed E-state index contributed by atoms with van der Waals surface area (Å²) in [6.07, 6.45) is 8.42. The summed E-state index contributed by atoms with van der Waals surface area (Å²) in [7, 11) is 3.89. The highest BCUT2D eigenvalue weighted by atomic mass is 16.2. The summed E-state index contributed by atoms with van der Waals surface area (Å²) in [5, 5.41) is 5.91. The Labute approximate surface area is 144 Å². The summed E-state index contributed by atoms with van der Waals surface area (Å²) in [5.41, 5.74) is 0.772. The number of hydrogen-bond donors (Lipinski definition) is 2. The third-order valence-electron chi connectivity index (χ3n) is 4.29. The molecule has 1 fully saturated rings. The Morgan fingerprint density at radius 2 is 1.88 bits per heavy atom. The zero-order valence-electron chi connectivity index (χ0n) is 14.7. The van der Waals surface area contributed by atoms with E-state index in [9.17, 15) is 9.59 Å². The van der Waals surface area contributed by atoms with Gasteiger partial charge in [0.1, 0.15) is 5.69 Å². The second-order valence-corrected chi connectivity index (χ2v) is 6.65. The molecule has 24 heavy (non-hydrogen) atoms. The van der Waals surface area contributed by atoms with Crippen molar-refractivity contribution in [3.63, 3.8) is 0 Å². The highest BCUT2D eigenvalue weighted by molar-refractivity contribution is 5.98. The Hall–Kier alpha value is -1.95. The minimum Gasteiger partial charge on any atom is -0.349 e. The average molecular weight is 332 g/mol. The van der Waals surface area contributed by atoms with Gasteiger partial charge in [-0.3, -0.25) is 14.6 Å². The lowest BCUT2D eigenvalue weighted by molar-refractivity contribution is 0.0933. The predicted molar refractivity (Wildman–Crippen MR) is 94.1 cm³/mol. The van der Waals surface area contributed by atoms with Crippen LogP contribution in [-0.4, -0.2) is 54.9 Å². The predicted octanol–water partition coefficient (Wildman–Crippen LogP) is 1.83. The average Bonchev–Trinajstić information content (AvgIpc) is 2.83. The number of hydrogen-bond acceptors (Lipinski definition) is 4. The van der Waals surface area contributed by atoms with Gasteiger partial charge in [-0.05, 0) is 39.1 Å². The first-order chi connectivity index (χ1) is 11.6. The molecule has 0 bridgehead atoms. The molecular formula is C18H28N4O2. The van der Waals surface area contributed by atoms with Gasteiger partial charge in [0.25, 0.3) is 11.8 Å². The largest absolute Gasteiger partial charge is 0.349 e. The van der Waals surface area contributed by atoms with E-state index in [0.717, 1.165) is 19.4 Å². The number of nitrogens with one attached hydrogen (secondary N) is 2. The number of pyridine rings is 1. The molecule has 1 aliphatic rings. The summed E-state index contributed by atoms with van der Waals surface area (Å²) in [6, 6.07) is 3.46. The summed E-state index contributed by atoms with van der Waals surface area (Å²) in [4.78, 5) is 30.6. The lowest BCUT2D eigenvalue weighted by Crippen LogP contribution is -2.35. The summed E-state index contributed by atoms with van der Waals surface area (Å²) < 4.78 is 0. The van der Waals surface area contributed by atoms with Crippen LogP contribution in [0.15, 0.2) is 18.3 Å². The minimum absolute atomic E-state index is 0.119. The van der Waals surface area contributed by atoms with Crippen molar-refractivity contribution < 1.29 is 9.59 Å². The van der Waals surface area contributed by atoms with Gasteiger partial charge in [-0.2, -0.15) is 0 Å². The molecular weight excluding hydrogens is 304 g/mol. The molecule has 6 nitrogen and oxygen atoms in total. The number of likely N-dealkylation sites (N-methyl/N-ethyl adjacent to an activating group) is 1. The van der Waals surface area contributed by atoms with Gasteiger partial charge in [-0.15, -0.1) is 0 Å². The van der Waals surface area contributed by atoms with Gasteiger partial charge in [0.2, 0.25) is 0 Å². The molecule has 0 saturated heterocycles. The van der Waals surface area contributed by atoms with Crippen LogP contribution in [0.25, 0.3) is 0 Å². The maximum atomic E-state index is 12.4. The van der Waals surface area contributed by atoms with Crippen LogP contribution in [0.1, 0.15) is 59.4 Å². The molecule has 0 radical (unpaired) electrons. The summed E-state index contributed by atoms with van der Waals surface area (Å²) >= 11 is 0. The van der Waals surface area contributed by atoms with Crippen molar-refractivity contribution in [2.75, 3.05) is 27.2 Å². The van der Waals surface area contributed by atoms with Crippen LogP contribution in [0.4, 0.5) is 0 Å². The van der Waals surface area contributed by atoms with Crippen molar-refractivity contribution in [1.29, 1.82) is 0 Å². The lowest BCUT2D eigenvalue weighted by atomic mass is 10.1. The van der Waals surface area contributed by atoms with Crippen LogP contribution in [0.2, 0.25) is 0 Å². The number of rotatable bonds is 6. The van der Waals surface area contributed by atoms with Crippen molar-refractivity contribution in [2.24, 2.45) is 0 Å². The van der Waals surface area contributed by atoms with E-state index in [0.29, 0.717) is 12.1 Å². The van der Waals surface area contributed by atoms with Crippen molar-refractivity contribution in [1.82, 2.24) is 20.5 Å². The summed E-state index contributed by atoms with van der Waals surface area (Å²) in [6.45, 7) is 1.31. The van der Waals surface area contributed by atoms with Gasteiger partial charge in [-0.25, -0.2) is 0 Å². The zero-order chi connectivity index (χ0) is 17.4. The monoisotopic (exact) mass is 332 g/mol. The van der Waals surface area contributed by atoms with Crippen LogP contribution in [-0.2, 0) is 0 Å². The van der Waals surface area contributed by atoms with E-state index in [1.165, 1.54) is 31.9 Å². The first-order valence-corrected chi connectivity index (χ1v) is 8.76. The number of nitrogens with zero attached hydrogens (tertiary/aromatic N) is 2. The molecule has 1 saturated carbocycles. The third kappa shape index (κ3) is 5.92. The fraction of sp³-hybridized carbons (Fsp3) is 0.611. The van der Waals surface area contributed by atoms with Crippen LogP contribution in [0.3, 0.4) is 0 Å². The topological polar surface area (TPSA) is 74.3 Å². The molecule has 0 aliphatic heterocycles. The SMILES string of the molecule is CN(C)CCNC(=O)c1cc(C(=O)NC2CCCCCC2)ccn1. The minimum atomic E-state index is -0.249. The van der Waals surface area contributed by atoms with Crippen molar-refractivity contribution in [2.45, 2.75) is 44.6 Å². The molecule has 0 unspecified atom stereocenters. The number of carbonyl (C=O) groups is 2. The summed E-state index contributed by atoms with van der Waals surface area (Å²) in [5.74, 6) is -0.368. The van der Waals surface area contributed by atoms with Crippen molar-refractivity contribution >= 4 is 11.8 Å². The Kier molecular flexibility index (Phi) is 7.18. The fourth-order valence-electron chi connectivity index (χ4n) is 2.87. The molecule has 1 aromatic rings. The molecule has 1 aliphatic carbocycles. The number of carbonyl (C=O) groups excluding carboxylic acids is 2. The van der Waals surface area contributed by atoms with E-state index in [-0.39, 0.29) is 23.6 Å². The van der Waals surface area contributed by atoms with Gasteiger partial charge in [0.15, 0.2) is 0 Å². The number of aromatic nitrogens is 1. The van der Waals surface area contributed by atoms with E-state index in [1.54, 1.807) is 12.1 Å². The Morgan fingerprint density at radius 1 is 1.17 bits per heavy atom. The maximum Gasteiger partial charge on any atom is 0.269 e. The van der Waals surface area contributed by atoms with E-state index in [2.05, 4.69) is 15.6 Å². The maximum absolute atomic E-state index is 12.4. The van der Waals surface area contributed by atoms with Crippen molar-refractivity contribution in [3.05, 3.63) is 29.6 Å². The Morgan fingerprint density at radius 3 is 2.54 bits per heavy atom. The van der Waals surface area contributed by atoms with Gasteiger partial charge in [0, 0.05) is 30.9 Å². The Bertz CT molecular complexity index is 552. The van der Waals surface area contributed by atoms with E-state index in [1.807, 2.05) is 19.0 Å². The van der Waals surface area contributed by atoms with Crippen LogP contribution >= 0.6 is 0 Å². The molecule has 2 N–H and O–H groups in total. The smallest absolute Gasteiger partial charge is 0.269 e. The van der Waals surface area contributed by atoms with E-state index < -0.39 is 0 Å². The zero-order valence-corrected chi connectivity index (χ0v) is 14.7. The van der Waals surface area contributed by atoms with Gasteiger partial charge < -0.3 is 15.5 Å². The molecule has 132 valence electrons. The van der Waals surface area contributed by atoms with Crippen LogP contribution in [0.5, 0.6) is 0 Å². The highest BCUT2D eigenvalue weighted by Gasteiger charge is 2.17. The van der Waals surface area contributed by atoms with E-state index >= 15 is 0 Å². The van der Waals surface area contributed by atoms with Crippen LogP contribution in [0, 0.1) is 0 Å². The van der Waals surface area contributed by atoms with Gasteiger partial charge >= 0.3 is 0 Å². The first kappa shape index (κ1) is 18.4. The van der Waals surface area contributed by atoms with Crippen molar-refractivity contribution in [3.8, 4) is 0 Å². The molecule has 0 aromatic carbocycles. The molecule has 6 heteroatoms.